The number of rotatable bonds is 3. The maximum Gasteiger partial charge on any atom is 0.323 e. The molecule has 1 N–H and O–H groups in total. The third-order valence-corrected chi connectivity index (χ3v) is 5.40. The number of hydrogen-bond donors (Lipinski definition) is 1. The van der Waals surface area contributed by atoms with Gasteiger partial charge in [-0.25, -0.2) is 9.18 Å². The van der Waals surface area contributed by atoms with Crippen LogP contribution in [0.25, 0.3) is 0 Å². The van der Waals surface area contributed by atoms with Gasteiger partial charge in [-0.3, -0.25) is 0 Å². The lowest BCUT2D eigenvalue weighted by atomic mass is 10.0. The molecule has 1 aliphatic heterocycles. The molecular weight excluding hydrogens is 323 g/mol. The van der Waals surface area contributed by atoms with Crippen LogP contribution >= 0.6 is 11.8 Å². The van der Waals surface area contributed by atoms with E-state index in [0.717, 1.165) is 17.0 Å². The maximum atomic E-state index is 13.1. The highest BCUT2D eigenvalue weighted by molar-refractivity contribution is 7.99. The average Bonchev–Trinajstić information content (AvgIpc) is 3.06. The van der Waals surface area contributed by atoms with Gasteiger partial charge in [-0.2, -0.15) is 0 Å². The van der Waals surface area contributed by atoms with Crippen LogP contribution in [0.1, 0.15) is 36.3 Å². The van der Waals surface area contributed by atoms with Crippen LogP contribution in [0.2, 0.25) is 0 Å². The summed E-state index contributed by atoms with van der Waals surface area (Å²) in [5.41, 5.74) is 2.98. The molecule has 0 bridgehead atoms. The molecule has 5 heteroatoms. The Morgan fingerprint density at radius 3 is 2.46 bits per heavy atom. The Morgan fingerprint density at radius 1 is 1.17 bits per heavy atom. The Balaban J connectivity index is 1.70. The number of thioether (sulfide) groups is 1. The quantitative estimate of drug-likeness (QED) is 0.827. The highest BCUT2D eigenvalue weighted by Gasteiger charge is 2.30. The van der Waals surface area contributed by atoms with Gasteiger partial charge in [-0.15, -0.1) is 11.8 Å². The summed E-state index contributed by atoms with van der Waals surface area (Å²) in [4.78, 5) is 14.4. The molecule has 126 valence electrons. The molecule has 2 aromatic carbocycles. The average molecular weight is 344 g/mol. The SMILES string of the molecule is CC(C)c1ccc(NC(=O)N2CCS[C@@H]2c2ccc(F)cc2)cc1. The van der Waals surface area contributed by atoms with Gasteiger partial charge >= 0.3 is 6.03 Å². The van der Waals surface area contributed by atoms with Crippen molar-refractivity contribution >= 4 is 23.5 Å². The maximum absolute atomic E-state index is 13.1. The molecule has 1 heterocycles. The minimum Gasteiger partial charge on any atom is -0.308 e. The first-order valence-corrected chi connectivity index (χ1v) is 9.14. The van der Waals surface area contributed by atoms with Gasteiger partial charge in [0.05, 0.1) is 0 Å². The number of halogens is 1. The lowest BCUT2D eigenvalue weighted by Gasteiger charge is -2.24. The molecular formula is C19H21FN2OS. The van der Waals surface area contributed by atoms with Crippen LogP contribution in [0, 0.1) is 5.82 Å². The molecule has 0 spiro atoms. The van der Waals surface area contributed by atoms with Crippen LogP contribution in [0.5, 0.6) is 0 Å². The number of amides is 2. The predicted octanol–water partition coefficient (Wildman–Crippen LogP) is 5.23. The van der Waals surface area contributed by atoms with Gasteiger partial charge in [0.1, 0.15) is 11.2 Å². The van der Waals surface area contributed by atoms with Crippen molar-refractivity contribution in [3.63, 3.8) is 0 Å². The van der Waals surface area contributed by atoms with Crippen molar-refractivity contribution < 1.29 is 9.18 Å². The van der Waals surface area contributed by atoms with E-state index >= 15 is 0 Å². The molecule has 2 amide bonds. The number of urea groups is 1. The molecule has 3 rings (SSSR count). The van der Waals surface area contributed by atoms with E-state index in [2.05, 4.69) is 19.2 Å². The van der Waals surface area contributed by atoms with Crippen molar-refractivity contribution in [1.82, 2.24) is 4.90 Å². The lowest BCUT2D eigenvalue weighted by molar-refractivity contribution is 0.214. The fourth-order valence-electron chi connectivity index (χ4n) is 2.73. The smallest absolute Gasteiger partial charge is 0.308 e. The van der Waals surface area contributed by atoms with E-state index in [1.165, 1.54) is 17.7 Å². The Labute approximate surface area is 146 Å². The van der Waals surface area contributed by atoms with Crippen LogP contribution in [0.3, 0.4) is 0 Å². The molecule has 0 unspecified atom stereocenters. The summed E-state index contributed by atoms with van der Waals surface area (Å²) >= 11 is 1.70. The molecule has 2 aromatic rings. The second-order valence-electron chi connectivity index (χ2n) is 6.17. The Kier molecular flexibility index (Phi) is 5.09. The van der Waals surface area contributed by atoms with Crippen molar-refractivity contribution in [1.29, 1.82) is 0 Å². The first-order valence-electron chi connectivity index (χ1n) is 8.09. The van der Waals surface area contributed by atoms with Crippen molar-refractivity contribution in [3.8, 4) is 0 Å². The summed E-state index contributed by atoms with van der Waals surface area (Å²) in [6, 6.07) is 14.2. The summed E-state index contributed by atoms with van der Waals surface area (Å²) < 4.78 is 13.1. The van der Waals surface area contributed by atoms with Crippen LogP contribution in [-0.2, 0) is 0 Å². The summed E-state index contributed by atoms with van der Waals surface area (Å²) in [6.45, 7) is 4.97. The molecule has 1 fully saturated rings. The third kappa shape index (κ3) is 3.73. The van der Waals surface area contributed by atoms with E-state index in [0.29, 0.717) is 12.5 Å². The fourth-order valence-corrected chi connectivity index (χ4v) is 3.98. The highest BCUT2D eigenvalue weighted by Crippen LogP contribution is 2.38. The first-order chi connectivity index (χ1) is 11.5. The molecule has 1 aliphatic rings. The Hall–Kier alpha value is -2.01. The molecule has 0 saturated carbocycles. The lowest BCUT2D eigenvalue weighted by Crippen LogP contribution is -2.34. The Bertz CT molecular complexity index is 700. The second kappa shape index (κ2) is 7.26. The zero-order valence-electron chi connectivity index (χ0n) is 13.8. The zero-order chi connectivity index (χ0) is 17.1. The van der Waals surface area contributed by atoms with Gasteiger partial charge in [0.15, 0.2) is 0 Å². The number of anilines is 1. The van der Waals surface area contributed by atoms with E-state index in [1.807, 2.05) is 24.3 Å². The second-order valence-corrected chi connectivity index (χ2v) is 7.36. The summed E-state index contributed by atoms with van der Waals surface area (Å²) in [5, 5.41) is 2.89. The molecule has 0 radical (unpaired) electrons. The van der Waals surface area contributed by atoms with Crippen LogP contribution in [0.15, 0.2) is 48.5 Å². The predicted molar refractivity (Wildman–Crippen MR) is 97.9 cm³/mol. The molecule has 3 nitrogen and oxygen atoms in total. The van der Waals surface area contributed by atoms with Gasteiger partial charge in [0.2, 0.25) is 0 Å². The van der Waals surface area contributed by atoms with Gasteiger partial charge in [0.25, 0.3) is 0 Å². The number of benzene rings is 2. The van der Waals surface area contributed by atoms with Gasteiger partial charge in [0, 0.05) is 18.0 Å². The van der Waals surface area contributed by atoms with E-state index in [4.69, 9.17) is 0 Å². The van der Waals surface area contributed by atoms with Crippen LogP contribution in [0.4, 0.5) is 14.9 Å². The van der Waals surface area contributed by atoms with Crippen LogP contribution in [-0.4, -0.2) is 23.2 Å². The largest absolute Gasteiger partial charge is 0.323 e. The number of nitrogens with zero attached hydrogens (tertiary/aromatic N) is 1. The topological polar surface area (TPSA) is 32.3 Å². The molecule has 0 aliphatic carbocycles. The third-order valence-electron chi connectivity index (χ3n) is 4.14. The minimum atomic E-state index is -0.261. The molecule has 24 heavy (non-hydrogen) atoms. The number of carbonyl (C=O) groups excluding carboxylic acids is 1. The number of nitrogens with one attached hydrogen (secondary N) is 1. The molecule has 1 saturated heterocycles. The van der Waals surface area contributed by atoms with Crippen molar-refractivity contribution in [2.75, 3.05) is 17.6 Å². The molecule has 1 atom stereocenters. The summed E-state index contributed by atoms with van der Waals surface area (Å²) in [5.74, 6) is 1.08. The van der Waals surface area contributed by atoms with Crippen molar-refractivity contribution in [3.05, 3.63) is 65.5 Å². The number of hydrogen-bond acceptors (Lipinski definition) is 2. The van der Waals surface area contributed by atoms with E-state index in [1.54, 1.807) is 28.8 Å². The van der Waals surface area contributed by atoms with E-state index in [-0.39, 0.29) is 17.2 Å². The monoisotopic (exact) mass is 344 g/mol. The summed E-state index contributed by atoms with van der Waals surface area (Å²) in [7, 11) is 0. The standard InChI is InChI=1S/C19H21FN2OS/c1-13(2)14-5-9-17(10-6-14)21-19(23)22-11-12-24-18(22)15-3-7-16(20)8-4-15/h3-10,13,18H,11-12H2,1-2H3,(H,21,23)/t18-/m1/s1. The highest BCUT2D eigenvalue weighted by atomic mass is 32.2. The fraction of sp³-hybridized carbons (Fsp3) is 0.316. The first kappa shape index (κ1) is 16.8. The normalized spacial score (nSPS) is 17.3. The van der Waals surface area contributed by atoms with Crippen molar-refractivity contribution in [2.45, 2.75) is 25.1 Å². The van der Waals surface area contributed by atoms with E-state index in [9.17, 15) is 9.18 Å². The Morgan fingerprint density at radius 2 is 1.83 bits per heavy atom. The van der Waals surface area contributed by atoms with E-state index < -0.39 is 0 Å². The molecule has 0 aromatic heterocycles. The van der Waals surface area contributed by atoms with Gasteiger partial charge in [-0.05, 0) is 41.3 Å². The summed E-state index contributed by atoms with van der Waals surface area (Å²) in [6.07, 6.45) is 0. The van der Waals surface area contributed by atoms with Crippen molar-refractivity contribution in [2.24, 2.45) is 0 Å². The van der Waals surface area contributed by atoms with Crippen LogP contribution < -0.4 is 5.32 Å². The number of carbonyl (C=O) groups is 1. The minimum absolute atomic E-state index is 0.0689. The van der Waals surface area contributed by atoms with Gasteiger partial charge in [-0.1, -0.05) is 38.1 Å². The van der Waals surface area contributed by atoms with Gasteiger partial charge < -0.3 is 10.2 Å². The zero-order valence-corrected chi connectivity index (χ0v) is 14.6.